The van der Waals surface area contributed by atoms with Crippen molar-refractivity contribution in [2.75, 3.05) is 20.8 Å². The molecule has 5 nitrogen and oxygen atoms in total. The van der Waals surface area contributed by atoms with E-state index in [9.17, 15) is 0 Å². The van der Waals surface area contributed by atoms with Crippen LogP contribution in [-0.2, 0) is 17.6 Å². The molecule has 1 heterocycles. The summed E-state index contributed by atoms with van der Waals surface area (Å²) in [6.07, 6.45) is 3.59. The number of nitrogens with zero attached hydrogens (tertiary/aromatic N) is 2. The summed E-state index contributed by atoms with van der Waals surface area (Å²) < 4.78 is 10.2. The van der Waals surface area contributed by atoms with Crippen LogP contribution in [0.4, 0.5) is 0 Å². The number of aromatic nitrogens is 2. The lowest BCUT2D eigenvalue weighted by atomic mass is 10.1. The highest BCUT2D eigenvalue weighted by Crippen LogP contribution is 2.05. The number of nitrogens with one attached hydrogen (secondary N) is 1. The Labute approximate surface area is 96.6 Å². The van der Waals surface area contributed by atoms with Gasteiger partial charge in [-0.25, -0.2) is 0 Å². The average Bonchev–Trinajstić information content (AvgIpc) is 2.74. The van der Waals surface area contributed by atoms with Crippen molar-refractivity contribution in [2.24, 2.45) is 0 Å². The third-order valence-electron chi connectivity index (χ3n) is 2.58. The van der Waals surface area contributed by atoms with Crippen LogP contribution in [0.15, 0.2) is 4.52 Å². The Kier molecular flexibility index (Phi) is 6.03. The first-order valence-electron chi connectivity index (χ1n) is 5.77. The first kappa shape index (κ1) is 13.1. The summed E-state index contributed by atoms with van der Waals surface area (Å²) in [6.45, 7) is 2.87. The number of hydrogen-bond donors (Lipinski definition) is 1. The Morgan fingerprint density at radius 2 is 2.31 bits per heavy atom. The SMILES string of the molecule is CCC(Cc1nc(CCCOC)no1)NC. The maximum atomic E-state index is 5.19. The van der Waals surface area contributed by atoms with Crippen LogP contribution in [-0.4, -0.2) is 36.9 Å². The summed E-state index contributed by atoms with van der Waals surface area (Å²) in [5, 5.41) is 7.15. The molecule has 0 amide bonds. The number of aryl methyl sites for hydroxylation is 1. The maximum Gasteiger partial charge on any atom is 0.228 e. The Morgan fingerprint density at radius 1 is 1.50 bits per heavy atom. The molecule has 92 valence electrons. The van der Waals surface area contributed by atoms with Crippen molar-refractivity contribution < 1.29 is 9.26 Å². The minimum absolute atomic E-state index is 0.410. The smallest absolute Gasteiger partial charge is 0.228 e. The van der Waals surface area contributed by atoms with E-state index in [1.165, 1.54) is 0 Å². The van der Waals surface area contributed by atoms with Crippen LogP contribution in [0.1, 0.15) is 31.5 Å². The van der Waals surface area contributed by atoms with E-state index in [2.05, 4.69) is 22.4 Å². The molecule has 0 aliphatic carbocycles. The molecule has 0 bridgehead atoms. The second-order valence-corrected chi connectivity index (χ2v) is 3.80. The Balaban J connectivity index is 2.38. The Hall–Kier alpha value is -0.940. The van der Waals surface area contributed by atoms with E-state index < -0.39 is 0 Å². The number of ether oxygens (including phenoxy) is 1. The average molecular weight is 227 g/mol. The fraction of sp³-hybridized carbons (Fsp3) is 0.818. The summed E-state index contributed by atoms with van der Waals surface area (Å²) >= 11 is 0. The molecule has 0 aromatic carbocycles. The predicted molar refractivity (Wildman–Crippen MR) is 61.3 cm³/mol. The molecular weight excluding hydrogens is 206 g/mol. The number of hydrogen-bond acceptors (Lipinski definition) is 5. The second-order valence-electron chi connectivity index (χ2n) is 3.80. The van der Waals surface area contributed by atoms with Crippen LogP contribution in [0.25, 0.3) is 0 Å². The normalized spacial score (nSPS) is 12.9. The van der Waals surface area contributed by atoms with Crippen molar-refractivity contribution in [1.29, 1.82) is 0 Å². The van der Waals surface area contributed by atoms with E-state index in [-0.39, 0.29) is 0 Å². The van der Waals surface area contributed by atoms with Crippen LogP contribution < -0.4 is 5.32 Å². The predicted octanol–water partition coefficient (Wildman–Crippen LogP) is 1.19. The number of rotatable bonds is 8. The van der Waals surface area contributed by atoms with Gasteiger partial charge in [-0.15, -0.1) is 0 Å². The highest BCUT2D eigenvalue weighted by atomic mass is 16.5. The summed E-state index contributed by atoms with van der Waals surface area (Å²) in [7, 11) is 3.64. The zero-order valence-corrected chi connectivity index (χ0v) is 10.3. The van der Waals surface area contributed by atoms with Crippen molar-refractivity contribution in [2.45, 2.75) is 38.6 Å². The summed E-state index contributed by atoms with van der Waals surface area (Å²) in [5.41, 5.74) is 0. The van der Waals surface area contributed by atoms with E-state index >= 15 is 0 Å². The van der Waals surface area contributed by atoms with Crippen molar-refractivity contribution in [3.05, 3.63) is 11.7 Å². The van der Waals surface area contributed by atoms with Crippen molar-refractivity contribution in [3.8, 4) is 0 Å². The molecule has 0 saturated carbocycles. The minimum Gasteiger partial charge on any atom is -0.385 e. The molecular formula is C11H21N3O2. The van der Waals surface area contributed by atoms with Crippen molar-refractivity contribution >= 4 is 0 Å². The molecule has 5 heteroatoms. The molecule has 0 aliphatic rings. The van der Waals surface area contributed by atoms with Crippen LogP contribution in [0, 0.1) is 0 Å². The zero-order valence-electron chi connectivity index (χ0n) is 10.3. The Bertz CT molecular complexity index is 285. The molecule has 1 N–H and O–H groups in total. The first-order chi connectivity index (χ1) is 7.80. The standard InChI is InChI=1S/C11H21N3O2/c1-4-9(12-2)8-11-13-10(14-16-11)6-5-7-15-3/h9,12H,4-8H2,1-3H3. The van der Waals surface area contributed by atoms with Crippen LogP contribution in [0.2, 0.25) is 0 Å². The number of methoxy groups -OCH3 is 1. The van der Waals surface area contributed by atoms with Gasteiger partial charge in [0, 0.05) is 32.6 Å². The molecule has 1 unspecified atom stereocenters. The van der Waals surface area contributed by atoms with E-state index in [1.54, 1.807) is 7.11 Å². The highest BCUT2D eigenvalue weighted by Gasteiger charge is 2.11. The van der Waals surface area contributed by atoms with Gasteiger partial charge in [-0.3, -0.25) is 0 Å². The number of likely N-dealkylation sites (N-methyl/N-ethyl adjacent to an activating group) is 1. The van der Waals surface area contributed by atoms with Gasteiger partial charge in [-0.1, -0.05) is 12.1 Å². The summed E-state index contributed by atoms with van der Waals surface area (Å²) in [5.74, 6) is 1.49. The zero-order chi connectivity index (χ0) is 11.8. The lowest BCUT2D eigenvalue weighted by Gasteiger charge is -2.09. The highest BCUT2D eigenvalue weighted by molar-refractivity contribution is 4.89. The molecule has 1 atom stereocenters. The maximum absolute atomic E-state index is 5.19. The molecule has 0 radical (unpaired) electrons. The molecule has 16 heavy (non-hydrogen) atoms. The molecule has 1 rings (SSSR count). The minimum atomic E-state index is 0.410. The lowest BCUT2D eigenvalue weighted by Crippen LogP contribution is -2.26. The van der Waals surface area contributed by atoms with Gasteiger partial charge in [0.2, 0.25) is 5.89 Å². The fourth-order valence-electron chi connectivity index (χ4n) is 1.51. The van der Waals surface area contributed by atoms with Gasteiger partial charge in [0.25, 0.3) is 0 Å². The van der Waals surface area contributed by atoms with Gasteiger partial charge in [0.1, 0.15) is 0 Å². The topological polar surface area (TPSA) is 60.2 Å². The van der Waals surface area contributed by atoms with Crippen LogP contribution in [0.5, 0.6) is 0 Å². The van der Waals surface area contributed by atoms with Crippen molar-refractivity contribution in [3.63, 3.8) is 0 Å². The molecule has 1 aromatic rings. The monoisotopic (exact) mass is 227 g/mol. The van der Waals surface area contributed by atoms with E-state index in [0.717, 1.165) is 38.1 Å². The van der Waals surface area contributed by atoms with E-state index in [0.29, 0.717) is 11.9 Å². The van der Waals surface area contributed by atoms with E-state index in [4.69, 9.17) is 9.26 Å². The van der Waals surface area contributed by atoms with Gasteiger partial charge in [0.05, 0.1) is 0 Å². The largest absolute Gasteiger partial charge is 0.385 e. The van der Waals surface area contributed by atoms with Crippen LogP contribution >= 0.6 is 0 Å². The summed E-state index contributed by atoms with van der Waals surface area (Å²) in [6, 6.07) is 0.410. The van der Waals surface area contributed by atoms with Gasteiger partial charge in [-0.2, -0.15) is 4.98 Å². The summed E-state index contributed by atoms with van der Waals surface area (Å²) in [4.78, 5) is 4.34. The Morgan fingerprint density at radius 3 is 2.94 bits per heavy atom. The molecule has 1 aromatic heterocycles. The molecule has 0 aliphatic heterocycles. The third kappa shape index (κ3) is 4.28. The van der Waals surface area contributed by atoms with Crippen LogP contribution in [0.3, 0.4) is 0 Å². The van der Waals surface area contributed by atoms with E-state index in [1.807, 2.05) is 7.05 Å². The van der Waals surface area contributed by atoms with Gasteiger partial charge >= 0.3 is 0 Å². The molecule has 0 saturated heterocycles. The fourth-order valence-corrected chi connectivity index (χ4v) is 1.51. The second kappa shape index (κ2) is 7.35. The quantitative estimate of drug-likeness (QED) is 0.676. The first-order valence-corrected chi connectivity index (χ1v) is 5.77. The molecule has 0 fully saturated rings. The van der Waals surface area contributed by atoms with Gasteiger partial charge in [-0.05, 0) is 19.9 Å². The van der Waals surface area contributed by atoms with Gasteiger partial charge < -0.3 is 14.6 Å². The third-order valence-corrected chi connectivity index (χ3v) is 2.58. The van der Waals surface area contributed by atoms with Gasteiger partial charge in [0.15, 0.2) is 5.82 Å². The lowest BCUT2D eigenvalue weighted by molar-refractivity contribution is 0.194. The van der Waals surface area contributed by atoms with Crippen molar-refractivity contribution in [1.82, 2.24) is 15.5 Å². The molecule has 0 spiro atoms.